The lowest BCUT2D eigenvalue weighted by atomic mass is 10.0. The number of methoxy groups -OCH3 is 1. The minimum absolute atomic E-state index is 0.0237. The highest BCUT2D eigenvalue weighted by molar-refractivity contribution is 6.99. The van der Waals surface area contributed by atoms with E-state index in [0.717, 1.165) is 37.0 Å². The molecule has 0 saturated heterocycles. The third-order valence-corrected chi connectivity index (χ3v) is 16.0. The van der Waals surface area contributed by atoms with Crippen molar-refractivity contribution in [2.24, 2.45) is 0 Å². The van der Waals surface area contributed by atoms with Crippen LogP contribution >= 0.6 is 0 Å². The molecule has 0 radical (unpaired) electrons. The SMILES string of the molecule is COc1ccc(CO[C@@H](CCCCCCCCCCCCCCCCCCCCCC(=O)O)CO[Si](c2ccccc2)(c2ccccc2)C(C)(C)C)cc1. The molecule has 0 aliphatic carbocycles. The number of hydrogen-bond acceptors (Lipinski definition) is 4. The lowest BCUT2D eigenvalue weighted by molar-refractivity contribution is -0.137. The monoisotopic (exact) mass is 759 g/mol. The quantitative estimate of drug-likeness (QED) is 0.0523. The van der Waals surface area contributed by atoms with E-state index in [-0.39, 0.29) is 11.1 Å². The van der Waals surface area contributed by atoms with E-state index in [1.54, 1.807) is 7.11 Å². The van der Waals surface area contributed by atoms with E-state index in [4.69, 9.17) is 19.0 Å². The van der Waals surface area contributed by atoms with Crippen molar-refractivity contribution in [3.8, 4) is 5.75 Å². The van der Waals surface area contributed by atoms with Gasteiger partial charge in [0.15, 0.2) is 0 Å². The van der Waals surface area contributed by atoms with Gasteiger partial charge in [0.05, 0.1) is 26.4 Å². The summed E-state index contributed by atoms with van der Waals surface area (Å²) in [5, 5.41) is 11.3. The number of carbonyl (C=O) groups is 1. The van der Waals surface area contributed by atoms with Crippen molar-refractivity contribution < 1.29 is 23.8 Å². The number of carboxylic acids is 1. The Morgan fingerprint density at radius 1 is 0.593 bits per heavy atom. The first kappa shape index (κ1) is 45.5. The van der Waals surface area contributed by atoms with E-state index in [0.29, 0.717) is 19.6 Å². The Morgan fingerprint density at radius 3 is 1.39 bits per heavy atom. The molecule has 0 bridgehead atoms. The van der Waals surface area contributed by atoms with Crippen LogP contribution in [0.5, 0.6) is 5.75 Å². The van der Waals surface area contributed by atoms with Gasteiger partial charge >= 0.3 is 5.97 Å². The van der Waals surface area contributed by atoms with Crippen molar-refractivity contribution in [2.45, 2.75) is 173 Å². The lowest BCUT2D eigenvalue weighted by Gasteiger charge is -2.43. The van der Waals surface area contributed by atoms with E-state index in [2.05, 4.69) is 93.6 Å². The molecule has 1 atom stereocenters. The molecule has 6 heteroatoms. The van der Waals surface area contributed by atoms with Crippen molar-refractivity contribution in [3.63, 3.8) is 0 Å². The smallest absolute Gasteiger partial charge is 0.303 e. The summed E-state index contributed by atoms with van der Waals surface area (Å²) >= 11 is 0. The largest absolute Gasteiger partial charge is 0.497 e. The molecule has 0 saturated carbocycles. The molecule has 0 heterocycles. The highest BCUT2D eigenvalue weighted by Gasteiger charge is 2.50. The number of carboxylic acid groups (broad SMARTS) is 1. The molecule has 3 rings (SSSR count). The molecule has 3 aromatic rings. The molecule has 3 aromatic carbocycles. The predicted molar refractivity (Wildman–Crippen MR) is 230 cm³/mol. The second kappa shape index (κ2) is 26.8. The molecule has 5 nitrogen and oxygen atoms in total. The second-order valence-electron chi connectivity index (χ2n) is 16.4. The molecule has 0 unspecified atom stereocenters. The van der Waals surface area contributed by atoms with Crippen LogP contribution in [0.1, 0.15) is 161 Å². The van der Waals surface area contributed by atoms with Crippen molar-refractivity contribution >= 4 is 24.7 Å². The maximum atomic E-state index is 10.6. The third-order valence-electron chi connectivity index (χ3n) is 11.0. The van der Waals surface area contributed by atoms with Crippen LogP contribution in [0.2, 0.25) is 5.04 Å². The Hall–Kier alpha value is -2.93. The van der Waals surface area contributed by atoms with Gasteiger partial charge in [0.2, 0.25) is 0 Å². The van der Waals surface area contributed by atoms with Gasteiger partial charge in [-0.15, -0.1) is 0 Å². The van der Waals surface area contributed by atoms with Gasteiger partial charge in [-0.25, -0.2) is 0 Å². The maximum absolute atomic E-state index is 10.6. The first-order valence-corrected chi connectivity index (χ1v) is 23.4. The first-order chi connectivity index (χ1) is 26.3. The molecular weight excluding hydrogens is 685 g/mol. The summed E-state index contributed by atoms with van der Waals surface area (Å²) in [4.78, 5) is 10.6. The molecule has 0 aliphatic heterocycles. The molecule has 0 aliphatic rings. The van der Waals surface area contributed by atoms with Gasteiger partial charge in [0.1, 0.15) is 5.75 Å². The number of benzene rings is 3. The highest BCUT2D eigenvalue weighted by atomic mass is 28.4. The van der Waals surface area contributed by atoms with Crippen molar-refractivity contribution in [1.82, 2.24) is 0 Å². The molecule has 54 heavy (non-hydrogen) atoms. The second-order valence-corrected chi connectivity index (χ2v) is 20.7. The van der Waals surface area contributed by atoms with Gasteiger partial charge in [0, 0.05) is 6.42 Å². The molecule has 0 spiro atoms. The van der Waals surface area contributed by atoms with Crippen LogP contribution in [0, 0.1) is 0 Å². The first-order valence-electron chi connectivity index (χ1n) is 21.5. The number of rotatable bonds is 31. The number of hydrogen-bond donors (Lipinski definition) is 1. The van der Waals surface area contributed by atoms with Crippen LogP contribution in [0.3, 0.4) is 0 Å². The standard InChI is InChI=1S/C48H74O5Si/c1-48(2,3)54(45-31-25-22-26-32-45,46-33-27-23-28-34-46)53-41-44(52-40-42-36-38-43(51-4)39-37-42)30-24-20-18-16-14-12-10-8-6-5-7-9-11-13-15-17-19-21-29-35-47(49)50/h22-23,25-28,31-34,36-39,44H,5-21,24,29-30,35,40-41H2,1-4H3,(H,49,50)/t44-/m0/s1. The zero-order valence-corrected chi connectivity index (χ0v) is 35.5. The number of unbranched alkanes of at least 4 members (excludes halogenated alkanes) is 18. The van der Waals surface area contributed by atoms with E-state index in [1.807, 2.05) is 12.1 Å². The van der Waals surface area contributed by atoms with Crippen LogP contribution in [0.4, 0.5) is 0 Å². The van der Waals surface area contributed by atoms with Crippen molar-refractivity contribution in [1.29, 1.82) is 0 Å². The Morgan fingerprint density at radius 2 is 1.00 bits per heavy atom. The normalized spacial score (nSPS) is 12.5. The topological polar surface area (TPSA) is 65.0 Å². The maximum Gasteiger partial charge on any atom is 0.303 e. The summed E-state index contributed by atoms with van der Waals surface area (Å²) in [6, 6.07) is 30.1. The molecule has 1 N–H and O–H groups in total. The van der Waals surface area contributed by atoms with E-state index < -0.39 is 14.3 Å². The van der Waals surface area contributed by atoms with Crippen LogP contribution in [-0.4, -0.2) is 39.2 Å². The highest BCUT2D eigenvalue weighted by Crippen LogP contribution is 2.37. The minimum Gasteiger partial charge on any atom is -0.497 e. The molecular formula is C48H74O5Si. The Bertz CT molecular complexity index is 1320. The van der Waals surface area contributed by atoms with E-state index in [9.17, 15) is 4.79 Å². The van der Waals surface area contributed by atoms with Gasteiger partial charge < -0.3 is 19.0 Å². The van der Waals surface area contributed by atoms with E-state index >= 15 is 0 Å². The predicted octanol–water partition coefficient (Wildman–Crippen LogP) is 12.4. The van der Waals surface area contributed by atoms with Gasteiger partial charge in [-0.1, -0.05) is 209 Å². The van der Waals surface area contributed by atoms with Crippen molar-refractivity contribution in [3.05, 3.63) is 90.5 Å². The van der Waals surface area contributed by atoms with Crippen LogP contribution < -0.4 is 15.1 Å². The Kier molecular flexibility index (Phi) is 22.6. The average molecular weight is 759 g/mol. The number of ether oxygens (including phenoxy) is 2. The fourth-order valence-corrected chi connectivity index (χ4v) is 12.4. The summed E-state index contributed by atoms with van der Waals surface area (Å²) in [6.45, 7) is 8.18. The summed E-state index contributed by atoms with van der Waals surface area (Å²) in [5.41, 5.74) is 1.15. The Labute approximate surface area is 330 Å². The molecule has 0 fully saturated rings. The molecule has 0 aromatic heterocycles. The van der Waals surface area contributed by atoms with Crippen LogP contribution in [0.15, 0.2) is 84.9 Å². The summed E-state index contributed by atoms with van der Waals surface area (Å²) < 4.78 is 19.4. The zero-order chi connectivity index (χ0) is 38.7. The summed E-state index contributed by atoms with van der Waals surface area (Å²) in [6.07, 6.45) is 25.7. The Balaban J connectivity index is 1.37. The zero-order valence-electron chi connectivity index (χ0n) is 34.5. The fraction of sp³-hybridized carbons (Fsp3) is 0.604. The van der Waals surface area contributed by atoms with Gasteiger partial charge in [-0.05, 0) is 45.9 Å². The van der Waals surface area contributed by atoms with Gasteiger partial charge in [0.25, 0.3) is 8.32 Å². The average Bonchev–Trinajstić information content (AvgIpc) is 3.17. The molecule has 0 amide bonds. The van der Waals surface area contributed by atoms with Gasteiger partial charge in [-0.3, -0.25) is 4.79 Å². The lowest BCUT2D eigenvalue weighted by Crippen LogP contribution is -2.67. The minimum atomic E-state index is -2.64. The third kappa shape index (κ3) is 17.3. The van der Waals surface area contributed by atoms with Crippen LogP contribution in [0.25, 0.3) is 0 Å². The number of aliphatic carboxylic acids is 1. The summed E-state index contributed by atoms with van der Waals surface area (Å²) in [7, 11) is -0.937. The van der Waals surface area contributed by atoms with E-state index in [1.165, 1.54) is 113 Å². The summed E-state index contributed by atoms with van der Waals surface area (Å²) in [5.74, 6) is 0.202. The fourth-order valence-electron chi connectivity index (χ4n) is 7.78. The molecule has 300 valence electrons. The van der Waals surface area contributed by atoms with Crippen molar-refractivity contribution in [2.75, 3.05) is 13.7 Å². The van der Waals surface area contributed by atoms with Gasteiger partial charge in [-0.2, -0.15) is 0 Å². The van der Waals surface area contributed by atoms with Crippen LogP contribution in [-0.2, 0) is 20.6 Å².